The third-order valence-corrected chi connectivity index (χ3v) is 3.51. The van der Waals surface area contributed by atoms with Crippen molar-refractivity contribution in [1.82, 2.24) is 9.13 Å². The number of alkyl halides is 3. The van der Waals surface area contributed by atoms with Crippen LogP contribution in [0.15, 0.2) is 27.8 Å². The quantitative estimate of drug-likeness (QED) is 0.443. The normalized spacial score (nSPS) is 11.3. The summed E-state index contributed by atoms with van der Waals surface area (Å²) < 4.78 is 61.9. The van der Waals surface area contributed by atoms with E-state index in [1.165, 1.54) is 0 Å². The van der Waals surface area contributed by atoms with Crippen LogP contribution in [-0.4, -0.2) is 22.4 Å². The van der Waals surface area contributed by atoms with E-state index >= 15 is 0 Å². The molecule has 0 fully saturated rings. The van der Waals surface area contributed by atoms with Gasteiger partial charge >= 0.3 is 18.0 Å². The van der Waals surface area contributed by atoms with Crippen molar-refractivity contribution in [2.75, 3.05) is 7.11 Å². The van der Waals surface area contributed by atoms with E-state index in [1.807, 2.05) is 0 Å². The molecule has 0 aliphatic carbocycles. The van der Waals surface area contributed by atoms with E-state index < -0.39 is 51.6 Å². The Bertz CT molecular complexity index is 997. The molecule has 1 aromatic carbocycles. The van der Waals surface area contributed by atoms with Gasteiger partial charge in [-0.1, -0.05) is 11.6 Å². The molecule has 0 bridgehead atoms. The van der Waals surface area contributed by atoms with E-state index in [-0.39, 0.29) is 15.2 Å². The van der Waals surface area contributed by atoms with E-state index in [9.17, 15) is 31.9 Å². The average molecular weight is 397 g/mol. The maximum atomic E-state index is 14.2. The molecule has 0 amide bonds. The zero-order valence-electron chi connectivity index (χ0n) is 13.1. The second-order valence-corrected chi connectivity index (χ2v) is 5.24. The topological polar surface area (TPSA) is 79.5 Å². The van der Waals surface area contributed by atoms with Crippen LogP contribution in [0, 0.1) is 5.82 Å². The summed E-state index contributed by atoms with van der Waals surface area (Å²) in [7, 11) is 1.75. The molecule has 0 saturated carbocycles. The van der Waals surface area contributed by atoms with Gasteiger partial charge in [0.1, 0.15) is 11.5 Å². The van der Waals surface area contributed by atoms with Crippen molar-refractivity contribution in [3.63, 3.8) is 0 Å². The van der Waals surface area contributed by atoms with Crippen LogP contribution >= 0.6 is 11.6 Å². The molecule has 2 rings (SSSR count). The number of carbonyl (C=O) groups excluding carboxylic acids is 1. The Hall–Kier alpha value is -2.82. The van der Waals surface area contributed by atoms with Crippen LogP contribution < -0.4 is 16.0 Å². The van der Waals surface area contributed by atoms with Gasteiger partial charge < -0.3 is 9.47 Å². The summed E-state index contributed by atoms with van der Waals surface area (Å²) in [5, 5.41) is -0.395. The minimum atomic E-state index is -4.97. The smallest absolute Gasteiger partial charge is 0.437 e. The van der Waals surface area contributed by atoms with Crippen LogP contribution in [0.25, 0.3) is 5.69 Å². The summed E-state index contributed by atoms with van der Waals surface area (Å²) in [6.45, 7) is 0. The van der Waals surface area contributed by atoms with E-state index in [4.69, 9.17) is 11.6 Å². The predicted molar refractivity (Wildman–Crippen MR) is 80.3 cm³/mol. The fraction of sp³-hybridized carbons (Fsp3) is 0.214. The number of halogens is 5. The molecule has 0 radical (unpaired) electrons. The summed E-state index contributed by atoms with van der Waals surface area (Å²) >= 11 is 5.69. The van der Waals surface area contributed by atoms with Crippen LogP contribution in [-0.2, 0) is 18.0 Å². The molecule has 1 heterocycles. The SMILES string of the molecule is COC(=O)Oc1cc(-n2c(=O)cc(C(F)(F)F)n(C)c2=O)c(F)cc1Cl. The number of benzene rings is 1. The van der Waals surface area contributed by atoms with Gasteiger partial charge in [0.15, 0.2) is 5.75 Å². The van der Waals surface area contributed by atoms with Gasteiger partial charge in [-0.05, 0) is 6.07 Å². The molecular weight excluding hydrogens is 388 g/mol. The van der Waals surface area contributed by atoms with E-state index in [0.717, 1.165) is 14.2 Å². The second kappa shape index (κ2) is 6.83. The summed E-state index contributed by atoms with van der Waals surface area (Å²) in [4.78, 5) is 35.3. The molecule has 0 N–H and O–H groups in total. The highest BCUT2D eigenvalue weighted by Gasteiger charge is 2.35. The average Bonchev–Trinajstić information content (AvgIpc) is 2.53. The first-order chi connectivity index (χ1) is 12.0. The number of rotatable bonds is 2. The fourth-order valence-electron chi connectivity index (χ4n) is 2.02. The second-order valence-electron chi connectivity index (χ2n) is 4.83. The summed E-state index contributed by atoms with van der Waals surface area (Å²) in [5.74, 6) is -1.67. The lowest BCUT2D eigenvalue weighted by Crippen LogP contribution is -2.41. The van der Waals surface area contributed by atoms with Gasteiger partial charge in [-0.15, -0.1) is 0 Å². The number of hydrogen-bond acceptors (Lipinski definition) is 5. The van der Waals surface area contributed by atoms with Gasteiger partial charge in [0.25, 0.3) is 5.56 Å². The molecule has 26 heavy (non-hydrogen) atoms. The monoisotopic (exact) mass is 396 g/mol. The summed E-state index contributed by atoms with van der Waals surface area (Å²) in [6.07, 6.45) is -6.19. The standard InChI is InChI=1S/C14H9ClF4N2O5/c1-20-10(14(17,18)19)5-11(22)21(12(20)23)8-4-9(26-13(24)25-2)6(15)3-7(8)16/h3-5H,1-2H3. The van der Waals surface area contributed by atoms with E-state index in [0.29, 0.717) is 12.1 Å². The Morgan fingerprint density at radius 3 is 2.35 bits per heavy atom. The first kappa shape index (κ1) is 19.5. The largest absolute Gasteiger partial charge is 0.513 e. The summed E-state index contributed by atoms with van der Waals surface area (Å²) in [5.41, 5.74) is -5.17. The molecule has 1 aromatic heterocycles. The van der Waals surface area contributed by atoms with Crippen molar-refractivity contribution >= 4 is 17.8 Å². The van der Waals surface area contributed by atoms with E-state index in [2.05, 4.69) is 9.47 Å². The molecule has 0 unspecified atom stereocenters. The fourth-order valence-corrected chi connectivity index (χ4v) is 2.21. The Morgan fingerprint density at radius 2 is 1.81 bits per heavy atom. The third-order valence-electron chi connectivity index (χ3n) is 3.21. The number of hydrogen-bond donors (Lipinski definition) is 0. The van der Waals surface area contributed by atoms with Crippen LogP contribution in [0.5, 0.6) is 5.75 Å². The first-order valence-corrected chi connectivity index (χ1v) is 7.00. The maximum absolute atomic E-state index is 14.2. The molecule has 7 nitrogen and oxygen atoms in total. The van der Waals surface area contributed by atoms with Crippen molar-refractivity contribution in [3.05, 3.63) is 55.6 Å². The Labute approximate surface area is 146 Å². The Kier molecular flexibility index (Phi) is 5.12. The zero-order valence-corrected chi connectivity index (χ0v) is 13.8. The molecule has 0 atom stereocenters. The number of carbonyl (C=O) groups is 1. The van der Waals surface area contributed by atoms with Gasteiger partial charge in [-0.2, -0.15) is 13.2 Å². The van der Waals surface area contributed by atoms with Gasteiger partial charge in [0.2, 0.25) is 0 Å². The number of methoxy groups -OCH3 is 1. The highest BCUT2D eigenvalue weighted by molar-refractivity contribution is 6.32. The number of nitrogens with zero attached hydrogens (tertiary/aromatic N) is 2. The minimum absolute atomic E-state index is 0.135. The molecule has 140 valence electrons. The van der Waals surface area contributed by atoms with Crippen molar-refractivity contribution < 1.29 is 31.8 Å². The van der Waals surface area contributed by atoms with Gasteiger partial charge in [-0.3, -0.25) is 9.36 Å². The number of ether oxygens (including phenoxy) is 2. The molecule has 0 aliphatic heterocycles. The lowest BCUT2D eigenvalue weighted by Gasteiger charge is -2.15. The lowest BCUT2D eigenvalue weighted by molar-refractivity contribution is -0.144. The van der Waals surface area contributed by atoms with Crippen LogP contribution in [0.1, 0.15) is 5.69 Å². The lowest BCUT2D eigenvalue weighted by atomic mass is 10.2. The summed E-state index contributed by atoms with van der Waals surface area (Å²) in [6, 6.07) is 1.47. The van der Waals surface area contributed by atoms with Crippen molar-refractivity contribution in [2.24, 2.45) is 7.05 Å². The van der Waals surface area contributed by atoms with Gasteiger partial charge in [-0.25, -0.2) is 18.5 Å². The molecule has 0 aliphatic rings. The van der Waals surface area contributed by atoms with E-state index in [1.54, 1.807) is 0 Å². The van der Waals surface area contributed by atoms with Crippen molar-refractivity contribution in [3.8, 4) is 11.4 Å². The van der Waals surface area contributed by atoms with Crippen LogP contribution in [0.4, 0.5) is 22.4 Å². The Balaban J connectivity index is 2.75. The third kappa shape index (κ3) is 3.57. The number of aromatic nitrogens is 2. The molecule has 0 spiro atoms. The predicted octanol–water partition coefficient (Wildman–Crippen LogP) is 2.49. The zero-order chi connectivity index (χ0) is 19.8. The molecule has 2 aromatic rings. The maximum Gasteiger partial charge on any atom is 0.513 e. The van der Waals surface area contributed by atoms with Crippen LogP contribution in [0.2, 0.25) is 5.02 Å². The molecule has 0 saturated heterocycles. The van der Waals surface area contributed by atoms with Gasteiger partial charge in [0.05, 0.1) is 17.8 Å². The van der Waals surface area contributed by atoms with Gasteiger partial charge in [0, 0.05) is 19.2 Å². The van der Waals surface area contributed by atoms with Crippen LogP contribution in [0.3, 0.4) is 0 Å². The highest BCUT2D eigenvalue weighted by Crippen LogP contribution is 2.30. The van der Waals surface area contributed by atoms with Crippen molar-refractivity contribution in [1.29, 1.82) is 0 Å². The first-order valence-electron chi connectivity index (χ1n) is 6.63. The molecular formula is C14H9ClF4N2O5. The minimum Gasteiger partial charge on any atom is -0.437 e. The Morgan fingerprint density at radius 1 is 1.19 bits per heavy atom. The molecule has 12 heteroatoms. The highest BCUT2D eigenvalue weighted by atomic mass is 35.5. The van der Waals surface area contributed by atoms with Crippen molar-refractivity contribution in [2.45, 2.75) is 6.18 Å².